The molecule has 0 amide bonds. The number of rotatable bonds is 0. The van der Waals surface area contributed by atoms with Gasteiger partial charge in [0.15, 0.2) is 0 Å². The molecule has 0 bridgehead atoms. The summed E-state index contributed by atoms with van der Waals surface area (Å²) in [5.41, 5.74) is 0. The van der Waals surface area contributed by atoms with Crippen LogP contribution in [0.5, 0.6) is 0 Å². The molecule has 0 spiro atoms. The molecular formula is C6H10. The molecule has 0 aromatic carbocycles. The molecule has 0 aromatic rings. The smallest absolute Gasteiger partial charge is 0.0310 e. The lowest BCUT2D eigenvalue weighted by atomic mass is 10.1. The molecule has 0 unspecified atom stereocenters. The summed E-state index contributed by atoms with van der Waals surface area (Å²) < 4.78 is 28.9. The first-order chi connectivity index (χ1) is 4.41. The first-order valence-electron chi connectivity index (χ1n) is 4.12. The zero-order valence-corrected chi connectivity index (χ0v) is 3.57. The van der Waals surface area contributed by atoms with Crippen LogP contribution in [0.2, 0.25) is 0 Å². The third-order valence-corrected chi connectivity index (χ3v) is 0.733. The van der Waals surface area contributed by atoms with Gasteiger partial charge >= 0.3 is 0 Å². The lowest BCUT2D eigenvalue weighted by molar-refractivity contribution is 0.730. The van der Waals surface area contributed by atoms with E-state index in [1.165, 1.54) is 12.2 Å². The van der Waals surface area contributed by atoms with Crippen molar-refractivity contribution in [2.75, 3.05) is 0 Å². The SMILES string of the molecule is [2H]C1([2H])C=CC([2H])([2H])CC1. The van der Waals surface area contributed by atoms with Gasteiger partial charge in [0.25, 0.3) is 0 Å². The molecule has 0 aromatic heterocycles. The number of hydrogen-bond donors (Lipinski definition) is 0. The second kappa shape index (κ2) is 2.01. The Labute approximate surface area is 44.5 Å². The standard InChI is InChI=1S/C6H10/c1-2-4-6-5-3-1/h1-2H,3-6H2/i3D2,4D2. The molecular weight excluding hydrogens is 72.1 g/mol. The minimum Gasteiger partial charge on any atom is -0.0885 e. The Hall–Kier alpha value is -0.260. The molecule has 0 heterocycles. The molecule has 0 saturated heterocycles. The van der Waals surface area contributed by atoms with E-state index in [2.05, 4.69) is 0 Å². The lowest BCUT2D eigenvalue weighted by Gasteiger charge is -1.97. The van der Waals surface area contributed by atoms with Crippen molar-refractivity contribution in [3.05, 3.63) is 12.2 Å². The zero-order chi connectivity index (χ0) is 7.83. The van der Waals surface area contributed by atoms with E-state index >= 15 is 0 Å². The summed E-state index contributed by atoms with van der Waals surface area (Å²) >= 11 is 0. The van der Waals surface area contributed by atoms with E-state index in [-0.39, 0.29) is 12.8 Å². The fourth-order valence-electron chi connectivity index (χ4n) is 0.429. The maximum absolute atomic E-state index is 7.22. The summed E-state index contributed by atoms with van der Waals surface area (Å²) in [7, 11) is 0. The van der Waals surface area contributed by atoms with Gasteiger partial charge in [-0.05, 0) is 25.6 Å². The van der Waals surface area contributed by atoms with Crippen LogP contribution in [0.1, 0.15) is 31.1 Å². The number of allylic oxidation sites excluding steroid dienone is 2. The summed E-state index contributed by atoms with van der Waals surface area (Å²) in [6.07, 6.45) is 0.636. The largest absolute Gasteiger partial charge is 0.0885 e. The summed E-state index contributed by atoms with van der Waals surface area (Å²) in [4.78, 5) is 0. The highest BCUT2D eigenvalue weighted by Crippen LogP contribution is 2.07. The van der Waals surface area contributed by atoms with Crippen molar-refractivity contribution in [2.45, 2.75) is 25.6 Å². The van der Waals surface area contributed by atoms with Crippen molar-refractivity contribution in [1.82, 2.24) is 0 Å². The third-order valence-electron chi connectivity index (χ3n) is 0.733. The van der Waals surface area contributed by atoms with Crippen molar-refractivity contribution in [1.29, 1.82) is 0 Å². The average Bonchev–Trinajstić information content (AvgIpc) is 1.79. The maximum atomic E-state index is 7.22. The fourth-order valence-corrected chi connectivity index (χ4v) is 0.429. The zero-order valence-electron chi connectivity index (χ0n) is 7.57. The van der Waals surface area contributed by atoms with Crippen LogP contribution in [-0.4, -0.2) is 0 Å². The van der Waals surface area contributed by atoms with Crippen LogP contribution in [0.15, 0.2) is 12.2 Å². The molecule has 0 N–H and O–H groups in total. The first-order valence-corrected chi connectivity index (χ1v) is 2.12. The van der Waals surface area contributed by atoms with Crippen LogP contribution in [0.3, 0.4) is 0 Å². The highest BCUT2D eigenvalue weighted by Gasteiger charge is 1.87. The Kier molecular flexibility index (Phi) is 0.456. The van der Waals surface area contributed by atoms with Crippen LogP contribution in [0.4, 0.5) is 0 Å². The molecule has 1 aliphatic rings. The monoisotopic (exact) mass is 86.1 g/mol. The summed E-state index contributed by atoms with van der Waals surface area (Å²) in [6.45, 7) is 0. The lowest BCUT2D eigenvalue weighted by Crippen LogP contribution is -1.77. The van der Waals surface area contributed by atoms with E-state index < -0.39 is 12.7 Å². The van der Waals surface area contributed by atoms with Gasteiger partial charge in [-0.3, -0.25) is 0 Å². The second-order valence-corrected chi connectivity index (χ2v) is 1.24. The molecule has 0 nitrogen and oxygen atoms in total. The average molecular weight is 86.2 g/mol. The highest BCUT2D eigenvalue weighted by atomic mass is 13.9. The molecule has 34 valence electrons. The van der Waals surface area contributed by atoms with Crippen molar-refractivity contribution in [3.8, 4) is 0 Å². The van der Waals surface area contributed by atoms with Gasteiger partial charge in [-0.1, -0.05) is 12.2 Å². The predicted octanol–water partition coefficient (Wildman–Crippen LogP) is 2.12. The van der Waals surface area contributed by atoms with Gasteiger partial charge in [0, 0.05) is 5.48 Å². The van der Waals surface area contributed by atoms with Crippen LogP contribution >= 0.6 is 0 Å². The van der Waals surface area contributed by atoms with E-state index in [9.17, 15) is 0 Å². The molecule has 0 atom stereocenters. The maximum Gasteiger partial charge on any atom is 0.0310 e. The Morgan fingerprint density at radius 3 is 2.00 bits per heavy atom. The van der Waals surface area contributed by atoms with E-state index in [1.54, 1.807) is 0 Å². The van der Waals surface area contributed by atoms with Crippen molar-refractivity contribution < 1.29 is 5.48 Å². The summed E-state index contributed by atoms with van der Waals surface area (Å²) in [5, 5.41) is 0. The van der Waals surface area contributed by atoms with Gasteiger partial charge in [0.2, 0.25) is 0 Å². The number of hydrogen-bond acceptors (Lipinski definition) is 0. The molecule has 1 rings (SSSR count). The van der Waals surface area contributed by atoms with Gasteiger partial charge in [0.05, 0.1) is 0 Å². The Morgan fingerprint density at radius 1 is 1.17 bits per heavy atom. The molecule has 0 aliphatic heterocycles. The van der Waals surface area contributed by atoms with Crippen LogP contribution < -0.4 is 0 Å². The molecule has 0 heteroatoms. The molecule has 0 radical (unpaired) electrons. The van der Waals surface area contributed by atoms with Crippen molar-refractivity contribution in [3.63, 3.8) is 0 Å². The van der Waals surface area contributed by atoms with Crippen molar-refractivity contribution in [2.24, 2.45) is 0 Å². The molecule has 0 fully saturated rings. The minimum atomic E-state index is -1.29. The van der Waals surface area contributed by atoms with E-state index in [1.807, 2.05) is 0 Å². The van der Waals surface area contributed by atoms with Crippen molar-refractivity contribution >= 4 is 0 Å². The van der Waals surface area contributed by atoms with Crippen LogP contribution in [0, 0.1) is 0 Å². The topological polar surface area (TPSA) is 0 Å². The Balaban J connectivity index is 2.70. The van der Waals surface area contributed by atoms with Gasteiger partial charge in [-0.25, -0.2) is 0 Å². The first kappa shape index (κ1) is 1.36. The van der Waals surface area contributed by atoms with E-state index in [4.69, 9.17) is 5.48 Å². The summed E-state index contributed by atoms with van der Waals surface area (Å²) in [5.74, 6) is 0. The fraction of sp³-hybridized carbons (Fsp3) is 0.667. The Bertz CT molecular complexity index is 141. The van der Waals surface area contributed by atoms with Gasteiger partial charge < -0.3 is 0 Å². The second-order valence-electron chi connectivity index (χ2n) is 1.24. The van der Waals surface area contributed by atoms with Crippen LogP contribution in [0.25, 0.3) is 0 Å². The van der Waals surface area contributed by atoms with Gasteiger partial charge in [-0.15, -0.1) is 0 Å². The van der Waals surface area contributed by atoms with E-state index in [0.29, 0.717) is 0 Å². The van der Waals surface area contributed by atoms with E-state index in [0.717, 1.165) is 0 Å². The summed E-state index contributed by atoms with van der Waals surface area (Å²) in [6, 6.07) is 0. The predicted molar refractivity (Wildman–Crippen MR) is 27.6 cm³/mol. The Morgan fingerprint density at radius 2 is 1.67 bits per heavy atom. The molecule has 1 aliphatic carbocycles. The minimum absolute atomic E-state index is 0.288. The molecule has 0 saturated carbocycles. The molecule has 6 heavy (non-hydrogen) atoms. The van der Waals surface area contributed by atoms with Gasteiger partial charge in [-0.2, -0.15) is 0 Å². The van der Waals surface area contributed by atoms with Crippen LogP contribution in [-0.2, 0) is 0 Å². The quantitative estimate of drug-likeness (QED) is 0.396. The third kappa shape index (κ3) is 0.852. The highest BCUT2D eigenvalue weighted by molar-refractivity contribution is 4.85. The van der Waals surface area contributed by atoms with Gasteiger partial charge in [0.1, 0.15) is 0 Å². The normalized spacial score (nSPS) is 48.0.